The number of aliphatic hydroxyl groups is 1. The molecule has 1 aromatic heterocycles. The summed E-state index contributed by atoms with van der Waals surface area (Å²) < 4.78 is 25.6. The van der Waals surface area contributed by atoms with Crippen LogP contribution < -0.4 is 0 Å². The molecule has 0 spiro atoms. The van der Waals surface area contributed by atoms with Crippen LogP contribution in [-0.4, -0.2) is 48.6 Å². The Bertz CT molecular complexity index is 574. The molecule has 1 saturated carbocycles. The van der Waals surface area contributed by atoms with Gasteiger partial charge in [0.15, 0.2) is 0 Å². The molecular weight excluding hydrogens is 290 g/mol. The number of aromatic carboxylic acids is 1. The lowest BCUT2D eigenvalue weighted by Crippen LogP contribution is -2.39. The van der Waals surface area contributed by atoms with Crippen LogP contribution in [-0.2, 0) is 10.0 Å². The van der Waals surface area contributed by atoms with Crippen molar-refractivity contribution in [2.45, 2.75) is 23.8 Å². The molecule has 19 heavy (non-hydrogen) atoms. The van der Waals surface area contributed by atoms with Gasteiger partial charge in [-0.15, -0.1) is 11.3 Å². The summed E-state index contributed by atoms with van der Waals surface area (Å²) in [6.45, 7) is 0.345. The van der Waals surface area contributed by atoms with Crippen LogP contribution in [0.5, 0.6) is 0 Å². The van der Waals surface area contributed by atoms with E-state index in [0.29, 0.717) is 19.4 Å². The van der Waals surface area contributed by atoms with Gasteiger partial charge in [-0.05, 0) is 24.8 Å². The van der Waals surface area contributed by atoms with Crippen LogP contribution in [0.4, 0.5) is 0 Å². The summed E-state index contributed by atoms with van der Waals surface area (Å²) in [5.41, 5.74) is 0. The number of hydrogen-bond acceptors (Lipinski definition) is 5. The number of thiophene rings is 1. The van der Waals surface area contributed by atoms with Crippen molar-refractivity contribution in [1.82, 2.24) is 4.31 Å². The molecule has 0 unspecified atom stereocenters. The average molecular weight is 305 g/mol. The van der Waals surface area contributed by atoms with Gasteiger partial charge in [0.2, 0.25) is 10.0 Å². The molecule has 0 aromatic carbocycles. The number of sulfonamides is 1. The lowest BCUT2D eigenvalue weighted by Gasteiger charge is -2.33. The van der Waals surface area contributed by atoms with Gasteiger partial charge in [-0.2, -0.15) is 0 Å². The molecule has 0 amide bonds. The van der Waals surface area contributed by atoms with Gasteiger partial charge in [0.05, 0.1) is 11.0 Å². The average Bonchev–Trinajstić information content (AvgIpc) is 2.76. The van der Waals surface area contributed by atoms with Crippen molar-refractivity contribution >= 4 is 27.3 Å². The van der Waals surface area contributed by atoms with E-state index in [2.05, 4.69) is 0 Å². The van der Waals surface area contributed by atoms with Crippen molar-refractivity contribution in [3.63, 3.8) is 0 Å². The minimum absolute atomic E-state index is 0.00559. The number of nitrogens with zero attached hydrogens (tertiary/aromatic N) is 1. The summed E-state index contributed by atoms with van der Waals surface area (Å²) in [6.07, 6.45) is 0.911. The summed E-state index contributed by atoms with van der Waals surface area (Å²) >= 11 is 0.896. The van der Waals surface area contributed by atoms with Crippen LogP contribution in [0.1, 0.15) is 22.5 Å². The maximum absolute atomic E-state index is 12.2. The fourth-order valence-electron chi connectivity index (χ4n) is 2.06. The maximum atomic E-state index is 12.2. The molecular formula is C11H15NO5S2. The number of carboxylic acid groups (broad SMARTS) is 1. The Hall–Kier alpha value is -0.960. The van der Waals surface area contributed by atoms with E-state index >= 15 is 0 Å². The predicted molar refractivity (Wildman–Crippen MR) is 69.8 cm³/mol. The largest absolute Gasteiger partial charge is 0.477 e. The number of carbonyl (C=O) groups is 1. The van der Waals surface area contributed by atoms with Gasteiger partial charge < -0.3 is 10.2 Å². The molecule has 1 aliphatic carbocycles. The second-order valence-electron chi connectivity index (χ2n) is 4.73. The summed E-state index contributed by atoms with van der Waals surface area (Å²) in [4.78, 5) is 10.8. The highest BCUT2D eigenvalue weighted by atomic mass is 32.2. The molecule has 2 N–H and O–H groups in total. The fourth-order valence-corrected chi connectivity index (χ4v) is 4.40. The van der Waals surface area contributed by atoms with E-state index in [4.69, 9.17) is 5.11 Å². The Balaban J connectivity index is 2.09. The van der Waals surface area contributed by atoms with Gasteiger partial charge in [-0.1, -0.05) is 0 Å². The minimum Gasteiger partial charge on any atom is -0.477 e. The van der Waals surface area contributed by atoms with E-state index in [1.807, 2.05) is 0 Å². The summed E-state index contributed by atoms with van der Waals surface area (Å²) in [5.74, 6) is -0.955. The second kappa shape index (κ2) is 5.20. The van der Waals surface area contributed by atoms with Crippen LogP contribution in [0.3, 0.4) is 0 Å². The number of rotatable bonds is 5. The van der Waals surface area contributed by atoms with Crippen LogP contribution in [0.25, 0.3) is 0 Å². The molecule has 0 atom stereocenters. The van der Waals surface area contributed by atoms with Gasteiger partial charge in [-0.3, -0.25) is 0 Å². The molecule has 1 aromatic rings. The lowest BCUT2D eigenvalue weighted by atomic mass is 9.82. The normalized spacial score (nSPS) is 23.3. The first-order chi connectivity index (χ1) is 8.80. The Morgan fingerprint density at radius 3 is 2.63 bits per heavy atom. The molecule has 2 rings (SSSR count). The maximum Gasteiger partial charge on any atom is 0.345 e. The highest BCUT2D eigenvalue weighted by molar-refractivity contribution is 7.89. The fraction of sp³-hybridized carbons (Fsp3) is 0.545. The van der Waals surface area contributed by atoms with E-state index < -0.39 is 16.0 Å². The second-order valence-corrected chi connectivity index (χ2v) is 7.68. The Labute approximate surface area is 115 Å². The van der Waals surface area contributed by atoms with Crippen molar-refractivity contribution in [2.24, 2.45) is 5.92 Å². The van der Waals surface area contributed by atoms with Crippen LogP contribution >= 0.6 is 11.3 Å². The molecule has 1 fully saturated rings. The van der Waals surface area contributed by atoms with Crippen molar-refractivity contribution in [3.05, 3.63) is 16.3 Å². The highest BCUT2D eigenvalue weighted by Crippen LogP contribution is 2.30. The molecule has 106 valence electrons. The first-order valence-corrected chi connectivity index (χ1v) is 8.09. The minimum atomic E-state index is -3.64. The van der Waals surface area contributed by atoms with Gasteiger partial charge in [0, 0.05) is 19.0 Å². The van der Waals surface area contributed by atoms with Crippen molar-refractivity contribution in [1.29, 1.82) is 0 Å². The zero-order valence-corrected chi connectivity index (χ0v) is 11.9. The van der Waals surface area contributed by atoms with Gasteiger partial charge in [-0.25, -0.2) is 17.5 Å². The van der Waals surface area contributed by atoms with Crippen LogP contribution in [0, 0.1) is 5.92 Å². The molecule has 1 aliphatic rings. The number of carboxylic acids is 1. The number of hydrogen-bond donors (Lipinski definition) is 2. The molecule has 8 heteroatoms. The SMILES string of the molecule is CN(CC1CC(O)C1)S(=O)(=O)c1csc(C(=O)O)c1. The van der Waals surface area contributed by atoms with Crippen LogP contribution in [0.15, 0.2) is 16.3 Å². The summed E-state index contributed by atoms with van der Waals surface area (Å²) in [5, 5.41) is 19.3. The van der Waals surface area contributed by atoms with E-state index in [1.54, 1.807) is 0 Å². The smallest absolute Gasteiger partial charge is 0.345 e. The third-order valence-corrected chi connectivity index (χ3v) is 6.09. The predicted octanol–water partition coefficient (Wildman–Crippen LogP) is 0.838. The third-order valence-electron chi connectivity index (χ3n) is 3.22. The molecule has 0 aliphatic heterocycles. The van der Waals surface area contributed by atoms with Gasteiger partial charge in [0.25, 0.3) is 0 Å². The van der Waals surface area contributed by atoms with Crippen molar-refractivity contribution < 1.29 is 23.4 Å². The molecule has 0 radical (unpaired) electrons. The highest BCUT2D eigenvalue weighted by Gasteiger charge is 2.32. The van der Waals surface area contributed by atoms with Crippen molar-refractivity contribution in [2.75, 3.05) is 13.6 Å². The first kappa shape index (κ1) is 14.4. The first-order valence-electron chi connectivity index (χ1n) is 5.77. The zero-order chi connectivity index (χ0) is 14.2. The Kier molecular flexibility index (Phi) is 3.95. The molecule has 1 heterocycles. The van der Waals surface area contributed by atoms with Crippen LogP contribution in [0.2, 0.25) is 0 Å². The Morgan fingerprint density at radius 1 is 1.53 bits per heavy atom. The Morgan fingerprint density at radius 2 is 2.16 bits per heavy atom. The standard InChI is InChI=1S/C11H15NO5S2/c1-12(5-7-2-8(13)3-7)19(16,17)9-4-10(11(14)15)18-6-9/h4,6-8,13H,2-3,5H2,1H3,(H,14,15). The molecule has 6 nitrogen and oxygen atoms in total. The van der Waals surface area contributed by atoms with E-state index in [0.717, 1.165) is 11.3 Å². The van der Waals surface area contributed by atoms with E-state index in [1.165, 1.54) is 22.8 Å². The molecule has 0 bridgehead atoms. The van der Waals surface area contributed by atoms with Crippen molar-refractivity contribution in [3.8, 4) is 0 Å². The van der Waals surface area contributed by atoms with Gasteiger partial charge >= 0.3 is 5.97 Å². The third kappa shape index (κ3) is 2.97. The van der Waals surface area contributed by atoms with E-state index in [9.17, 15) is 18.3 Å². The lowest BCUT2D eigenvalue weighted by molar-refractivity contribution is 0.0367. The molecule has 0 saturated heterocycles. The van der Waals surface area contributed by atoms with Gasteiger partial charge in [0.1, 0.15) is 4.88 Å². The topological polar surface area (TPSA) is 94.9 Å². The monoisotopic (exact) mass is 305 g/mol. The quantitative estimate of drug-likeness (QED) is 0.840. The summed E-state index contributed by atoms with van der Waals surface area (Å²) in [6, 6.07) is 1.18. The van der Waals surface area contributed by atoms with E-state index in [-0.39, 0.29) is 21.8 Å². The zero-order valence-electron chi connectivity index (χ0n) is 10.3. The number of aliphatic hydroxyl groups excluding tert-OH is 1. The summed E-state index contributed by atoms with van der Waals surface area (Å²) in [7, 11) is -2.17.